The first kappa shape index (κ1) is 17.8. The van der Waals surface area contributed by atoms with E-state index in [4.69, 9.17) is 11.6 Å². The topological polar surface area (TPSA) is 46.4 Å². The Bertz CT molecular complexity index is 992. The maximum atomic E-state index is 13.2. The molecule has 27 heavy (non-hydrogen) atoms. The molecule has 0 N–H and O–H groups in total. The predicted octanol–water partition coefficient (Wildman–Crippen LogP) is 5.03. The van der Waals surface area contributed by atoms with Gasteiger partial charge in [-0.1, -0.05) is 48.0 Å². The normalized spacial score (nSPS) is 16.7. The van der Waals surface area contributed by atoms with Gasteiger partial charge in [0, 0.05) is 22.8 Å². The van der Waals surface area contributed by atoms with E-state index in [2.05, 4.69) is 0 Å². The van der Waals surface area contributed by atoms with Gasteiger partial charge in [-0.3, -0.25) is 0 Å². The molecule has 1 heterocycles. The summed E-state index contributed by atoms with van der Waals surface area (Å²) in [6.07, 6.45) is 0. The van der Waals surface area contributed by atoms with Crippen molar-refractivity contribution in [2.45, 2.75) is 5.37 Å². The average Bonchev–Trinajstić information content (AvgIpc) is 3.06. The zero-order valence-electron chi connectivity index (χ0n) is 14.2. The van der Waals surface area contributed by atoms with Crippen LogP contribution in [0, 0.1) is 5.21 Å². The van der Waals surface area contributed by atoms with Gasteiger partial charge in [0.25, 0.3) is 5.04 Å². The van der Waals surface area contributed by atoms with Gasteiger partial charge in [-0.05, 0) is 48.2 Å². The van der Waals surface area contributed by atoms with Crippen molar-refractivity contribution in [2.24, 2.45) is 0 Å². The van der Waals surface area contributed by atoms with E-state index in [-0.39, 0.29) is 5.91 Å². The molecule has 0 bridgehead atoms. The molecule has 1 amide bonds. The molecule has 4 rings (SSSR count). The number of thioether (sulfide) groups is 1. The number of halogens is 1. The minimum absolute atomic E-state index is 0.278. The maximum absolute atomic E-state index is 13.2. The fourth-order valence-corrected chi connectivity index (χ4v) is 4.22. The van der Waals surface area contributed by atoms with Crippen LogP contribution in [0.15, 0.2) is 84.9 Å². The van der Waals surface area contributed by atoms with Crippen molar-refractivity contribution >= 4 is 45.7 Å². The van der Waals surface area contributed by atoms with Gasteiger partial charge in [0.15, 0.2) is 0 Å². The standard InChI is InChI=1S/C21H15ClN2O2S/c22-16-11-13-17(14-12-16)23-19(25)21(24(26)18-9-5-2-6-10-18)27-20(23)15-7-3-1-4-8-15/h1-14,21H. The number of benzene rings is 3. The van der Waals surface area contributed by atoms with Crippen LogP contribution in [0.4, 0.5) is 11.4 Å². The molecule has 0 saturated carbocycles. The van der Waals surface area contributed by atoms with Gasteiger partial charge in [0.1, 0.15) is 0 Å². The third-order valence-electron chi connectivity index (χ3n) is 4.19. The van der Waals surface area contributed by atoms with E-state index in [9.17, 15) is 10.0 Å². The van der Waals surface area contributed by atoms with Crippen LogP contribution in [0.3, 0.4) is 0 Å². The van der Waals surface area contributed by atoms with E-state index in [1.54, 1.807) is 53.1 Å². The summed E-state index contributed by atoms with van der Waals surface area (Å²) in [5.41, 5.74) is 2.02. The number of carbonyl (C=O) groups excluding carboxylic acids is 1. The number of hydrogen-bond donors (Lipinski definition) is 0. The summed E-state index contributed by atoms with van der Waals surface area (Å²) in [5.74, 6) is -0.278. The van der Waals surface area contributed by atoms with Gasteiger partial charge < -0.3 is 10.3 Å². The number of hydrogen-bond acceptors (Lipinski definition) is 4. The van der Waals surface area contributed by atoms with Crippen LogP contribution in [0.5, 0.6) is 0 Å². The van der Waals surface area contributed by atoms with Gasteiger partial charge in [0.2, 0.25) is 11.1 Å². The first-order valence-corrected chi connectivity index (χ1v) is 9.61. The number of amides is 1. The number of hydroxylamine groups is 1. The van der Waals surface area contributed by atoms with Gasteiger partial charge >= 0.3 is 5.91 Å². The second kappa shape index (κ2) is 7.56. The van der Waals surface area contributed by atoms with Crippen LogP contribution < -0.4 is 5.06 Å². The van der Waals surface area contributed by atoms with Gasteiger partial charge in [-0.15, -0.1) is 4.58 Å². The second-order valence-electron chi connectivity index (χ2n) is 5.95. The van der Waals surface area contributed by atoms with Crippen molar-refractivity contribution in [2.75, 3.05) is 5.06 Å². The molecule has 1 aliphatic rings. The zero-order chi connectivity index (χ0) is 18.8. The molecule has 0 saturated heterocycles. The molecule has 0 radical (unpaired) electrons. The molecule has 6 heteroatoms. The van der Waals surface area contributed by atoms with Crippen molar-refractivity contribution in [3.05, 3.63) is 101 Å². The van der Waals surface area contributed by atoms with Crippen molar-refractivity contribution in [1.82, 2.24) is 0 Å². The van der Waals surface area contributed by atoms with Crippen molar-refractivity contribution in [3.63, 3.8) is 0 Å². The smallest absolute Gasteiger partial charge is 0.426 e. The summed E-state index contributed by atoms with van der Waals surface area (Å²) in [7, 11) is 0. The summed E-state index contributed by atoms with van der Waals surface area (Å²) in [4.78, 5) is 13.2. The fourth-order valence-electron chi connectivity index (χ4n) is 2.89. The molecule has 1 unspecified atom stereocenters. The lowest BCUT2D eigenvalue weighted by Gasteiger charge is -2.32. The van der Waals surface area contributed by atoms with Crippen LogP contribution in [0.25, 0.3) is 0 Å². The van der Waals surface area contributed by atoms with E-state index in [1.165, 1.54) is 11.8 Å². The van der Waals surface area contributed by atoms with Crippen molar-refractivity contribution < 1.29 is 9.37 Å². The van der Waals surface area contributed by atoms with E-state index in [0.717, 1.165) is 15.7 Å². The second-order valence-corrected chi connectivity index (χ2v) is 7.46. The van der Waals surface area contributed by atoms with Crippen molar-refractivity contribution in [3.8, 4) is 0 Å². The number of anilines is 1. The van der Waals surface area contributed by atoms with Gasteiger partial charge in [-0.25, -0.2) is 4.79 Å². The molecule has 0 fully saturated rings. The molecule has 1 atom stereocenters. The highest BCUT2D eigenvalue weighted by molar-refractivity contribution is 8.15. The van der Waals surface area contributed by atoms with Crippen LogP contribution in [-0.4, -0.2) is 20.9 Å². The monoisotopic (exact) mass is 394 g/mol. The summed E-state index contributed by atoms with van der Waals surface area (Å²) in [5, 5.41) is 14.1. The summed E-state index contributed by atoms with van der Waals surface area (Å²) in [6, 6.07) is 25.4. The van der Waals surface area contributed by atoms with Crippen LogP contribution in [0.1, 0.15) is 5.56 Å². The lowest BCUT2D eigenvalue weighted by atomic mass is 10.2. The Morgan fingerprint density at radius 3 is 2.11 bits per heavy atom. The summed E-state index contributed by atoms with van der Waals surface area (Å²) < 4.78 is 1.59. The third kappa shape index (κ3) is 3.49. The number of para-hydroxylation sites is 1. The van der Waals surface area contributed by atoms with Crippen LogP contribution in [-0.2, 0) is 4.79 Å². The fraction of sp³-hybridized carbons (Fsp3) is 0.0476. The Labute approximate surface area is 166 Å². The van der Waals surface area contributed by atoms with E-state index in [1.807, 2.05) is 36.4 Å². The highest BCUT2D eigenvalue weighted by Crippen LogP contribution is 2.35. The molecule has 0 spiro atoms. The predicted molar refractivity (Wildman–Crippen MR) is 111 cm³/mol. The van der Waals surface area contributed by atoms with Crippen LogP contribution >= 0.6 is 23.4 Å². The molecule has 0 aromatic heterocycles. The maximum Gasteiger partial charge on any atom is 0.426 e. The lowest BCUT2D eigenvalue weighted by molar-refractivity contribution is -0.361. The highest BCUT2D eigenvalue weighted by atomic mass is 35.5. The minimum Gasteiger partial charge on any atom is -0.757 e. The molecule has 1 aliphatic heterocycles. The number of carbonyl (C=O) groups is 1. The Balaban J connectivity index is 1.78. The number of nitrogens with zero attached hydrogens (tertiary/aromatic N) is 2. The van der Waals surface area contributed by atoms with Gasteiger partial charge in [0.05, 0.1) is 5.56 Å². The summed E-state index contributed by atoms with van der Waals surface area (Å²) >= 11 is 7.25. The zero-order valence-corrected chi connectivity index (χ0v) is 15.7. The number of rotatable bonds is 4. The van der Waals surface area contributed by atoms with E-state index in [0.29, 0.717) is 16.4 Å². The molecule has 0 aliphatic carbocycles. The van der Waals surface area contributed by atoms with Crippen molar-refractivity contribution in [1.29, 1.82) is 0 Å². The Kier molecular flexibility index (Phi) is 4.99. The molecule has 3 aromatic carbocycles. The Morgan fingerprint density at radius 2 is 1.48 bits per heavy atom. The molecule has 4 nitrogen and oxygen atoms in total. The lowest BCUT2D eigenvalue weighted by Crippen LogP contribution is -2.35. The van der Waals surface area contributed by atoms with E-state index >= 15 is 0 Å². The average molecular weight is 395 g/mol. The van der Waals surface area contributed by atoms with Gasteiger partial charge in [-0.2, -0.15) is 0 Å². The quantitative estimate of drug-likeness (QED) is 0.459. The van der Waals surface area contributed by atoms with E-state index < -0.39 is 5.37 Å². The third-order valence-corrected chi connectivity index (χ3v) is 5.70. The first-order valence-electron chi connectivity index (χ1n) is 8.35. The largest absolute Gasteiger partial charge is 0.757 e. The minimum atomic E-state index is -0.890. The first-order chi connectivity index (χ1) is 13.1. The SMILES string of the molecule is O=C1C(N([O-])c2ccccc2)SC(c2ccccc2)=[N+]1c1ccc(Cl)cc1. The molecular formula is C21H15ClN2O2S. The summed E-state index contributed by atoms with van der Waals surface area (Å²) in [6.45, 7) is 0. The van der Waals surface area contributed by atoms with Crippen LogP contribution in [0.2, 0.25) is 5.02 Å². The molecular weight excluding hydrogens is 380 g/mol. The molecule has 3 aromatic rings. The highest BCUT2D eigenvalue weighted by Gasteiger charge is 2.45. The Hall–Kier alpha value is -2.60. The molecule has 134 valence electrons. The Morgan fingerprint density at radius 1 is 0.889 bits per heavy atom.